The van der Waals surface area contributed by atoms with E-state index in [2.05, 4.69) is 54.3 Å². The molecule has 3 nitrogen and oxygen atoms in total. The quantitative estimate of drug-likeness (QED) is 0.366. The molecule has 1 N–H and O–H groups in total. The molecule has 38 heavy (non-hydrogen) atoms. The minimum atomic E-state index is -4.44. The maximum atomic E-state index is 13.2. The van der Waals surface area contributed by atoms with Gasteiger partial charge in [-0.25, -0.2) is 0 Å². The highest BCUT2D eigenvalue weighted by atomic mass is 28.4. The van der Waals surface area contributed by atoms with Gasteiger partial charge in [-0.05, 0) is 72.5 Å². The third kappa shape index (κ3) is 6.10. The number of aliphatic hydroxyl groups is 1. The summed E-state index contributed by atoms with van der Waals surface area (Å²) in [4.78, 5) is 5.15. The summed E-state index contributed by atoms with van der Waals surface area (Å²) in [5, 5.41) is 11.7. The number of benzene rings is 1. The molecular formula is C31H44F3NO2Si. The van der Waals surface area contributed by atoms with E-state index in [0.717, 1.165) is 53.1 Å². The summed E-state index contributed by atoms with van der Waals surface area (Å²) >= 11 is 0. The van der Waals surface area contributed by atoms with Gasteiger partial charge in [0.15, 0.2) is 8.32 Å². The molecule has 1 aromatic heterocycles. The summed E-state index contributed by atoms with van der Waals surface area (Å²) in [6, 6.07) is 4.75. The number of aliphatic hydroxyl groups excluding tert-OH is 1. The predicted molar refractivity (Wildman–Crippen MR) is 152 cm³/mol. The molecule has 0 spiro atoms. The van der Waals surface area contributed by atoms with E-state index in [-0.39, 0.29) is 22.5 Å². The van der Waals surface area contributed by atoms with Gasteiger partial charge in [0.05, 0.1) is 11.7 Å². The SMILES string of the molecule is C=C(C)c1c2c(nc(C(C)C)c1C(O)c1ccc(C(F)(F)F)cc1)CC(C)(C)CC2O[Si](C)(C)C(C)(C)C. The van der Waals surface area contributed by atoms with Crippen molar-refractivity contribution in [1.29, 1.82) is 0 Å². The Balaban J connectivity index is 2.30. The molecule has 2 atom stereocenters. The predicted octanol–water partition coefficient (Wildman–Crippen LogP) is 9.37. The fourth-order valence-electron chi connectivity index (χ4n) is 5.13. The largest absolute Gasteiger partial charge is 0.416 e. The second-order valence-electron chi connectivity index (χ2n) is 13.5. The lowest BCUT2D eigenvalue weighted by Gasteiger charge is -2.45. The maximum Gasteiger partial charge on any atom is 0.416 e. The Labute approximate surface area is 227 Å². The lowest BCUT2D eigenvalue weighted by Crippen LogP contribution is -2.44. The summed E-state index contributed by atoms with van der Waals surface area (Å²) in [6.45, 7) is 25.9. The molecular weight excluding hydrogens is 503 g/mol. The van der Waals surface area contributed by atoms with Gasteiger partial charge in [-0.15, -0.1) is 0 Å². The highest BCUT2D eigenvalue weighted by Crippen LogP contribution is 2.51. The van der Waals surface area contributed by atoms with Crippen LogP contribution in [0, 0.1) is 5.41 Å². The van der Waals surface area contributed by atoms with Gasteiger partial charge in [-0.1, -0.05) is 72.8 Å². The number of hydrogen-bond donors (Lipinski definition) is 1. The van der Waals surface area contributed by atoms with Gasteiger partial charge < -0.3 is 9.53 Å². The Morgan fingerprint density at radius 3 is 2.13 bits per heavy atom. The van der Waals surface area contributed by atoms with Crippen molar-refractivity contribution < 1.29 is 22.7 Å². The van der Waals surface area contributed by atoms with Crippen LogP contribution in [-0.2, 0) is 17.0 Å². The summed E-state index contributed by atoms with van der Waals surface area (Å²) in [7, 11) is -2.18. The highest BCUT2D eigenvalue weighted by Gasteiger charge is 2.45. The first kappa shape index (κ1) is 30.6. The molecule has 1 heterocycles. The number of nitrogens with zero attached hydrogens (tertiary/aromatic N) is 1. The Morgan fingerprint density at radius 2 is 1.68 bits per heavy atom. The summed E-state index contributed by atoms with van der Waals surface area (Å²) < 4.78 is 46.6. The normalized spacial score (nSPS) is 18.9. The molecule has 3 rings (SSSR count). The molecule has 0 radical (unpaired) electrons. The number of alkyl halides is 3. The van der Waals surface area contributed by atoms with Gasteiger partial charge in [0.1, 0.15) is 6.10 Å². The van der Waals surface area contributed by atoms with Crippen LogP contribution in [0.5, 0.6) is 0 Å². The Morgan fingerprint density at radius 1 is 1.13 bits per heavy atom. The number of fused-ring (bicyclic) bond motifs is 1. The minimum absolute atomic E-state index is 0.00597. The van der Waals surface area contributed by atoms with E-state index >= 15 is 0 Å². The van der Waals surface area contributed by atoms with Crippen molar-refractivity contribution in [2.45, 2.75) is 111 Å². The van der Waals surface area contributed by atoms with E-state index in [0.29, 0.717) is 11.1 Å². The smallest absolute Gasteiger partial charge is 0.410 e. The van der Waals surface area contributed by atoms with Crippen molar-refractivity contribution in [3.63, 3.8) is 0 Å². The van der Waals surface area contributed by atoms with Crippen molar-refractivity contribution >= 4 is 13.9 Å². The van der Waals surface area contributed by atoms with E-state index in [4.69, 9.17) is 9.41 Å². The van der Waals surface area contributed by atoms with Crippen molar-refractivity contribution in [3.8, 4) is 0 Å². The summed E-state index contributed by atoms with van der Waals surface area (Å²) in [6.07, 6.45) is -4.22. The zero-order valence-corrected chi connectivity index (χ0v) is 25.6. The molecule has 0 amide bonds. The van der Waals surface area contributed by atoms with Crippen LogP contribution in [0.1, 0.15) is 119 Å². The molecule has 7 heteroatoms. The van der Waals surface area contributed by atoms with Crippen LogP contribution in [-0.4, -0.2) is 18.4 Å². The van der Waals surface area contributed by atoms with Gasteiger partial charge >= 0.3 is 6.18 Å². The van der Waals surface area contributed by atoms with E-state index < -0.39 is 26.2 Å². The molecule has 210 valence electrons. The van der Waals surface area contributed by atoms with Gasteiger partial charge in [0, 0.05) is 22.5 Å². The van der Waals surface area contributed by atoms with Gasteiger partial charge in [0.2, 0.25) is 0 Å². The first-order valence-electron chi connectivity index (χ1n) is 13.4. The minimum Gasteiger partial charge on any atom is -0.410 e. The number of hydrogen-bond acceptors (Lipinski definition) is 3. The number of rotatable bonds is 6. The molecule has 2 aromatic rings. The Kier molecular flexibility index (Phi) is 8.22. The first-order chi connectivity index (χ1) is 17.2. The number of pyridine rings is 1. The number of aromatic nitrogens is 1. The molecule has 1 aliphatic rings. The number of allylic oxidation sites excluding steroid dienone is 1. The molecule has 2 unspecified atom stereocenters. The van der Waals surface area contributed by atoms with Gasteiger partial charge in [0.25, 0.3) is 0 Å². The topological polar surface area (TPSA) is 42.4 Å². The molecule has 1 aliphatic carbocycles. The molecule has 0 saturated heterocycles. The van der Waals surface area contributed by atoms with E-state index in [1.165, 1.54) is 12.1 Å². The second-order valence-corrected chi connectivity index (χ2v) is 18.3. The Hall–Kier alpha value is -1.96. The average molecular weight is 548 g/mol. The molecule has 0 saturated carbocycles. The number of halogens is 3. The van der Waals surface area contributed by atoms with Crippen LogP contribution < -0.4 is 0 Å². The third-order valence-corrected chi connectivity index (χ3v) is 12.6. The zero-order valence-electron chi connectivity index (χ0n) is 24.6. The second kappa shape index (κ2) is 10.2. The highest BCUT2D eigenvalue weighted by molar-refractivity contribution is 6.74. The monoisotopic (exact) mass is 547 g/mol. The molecule has 0 aliphatic heterocycles. The van der Waals surface area contributed by atoms with Crippen molar-refractivity contribution in [3.05, 3.63) is 70.0 Å². The molecule has 0 bridgehead atoms. The standard InChI is InChI=1S/C31H44F3NO2Si/c1-18(2)24-25-22(16-30(8,9)17-23(25)37-38(10,11)29(5,6)7)35-27(19(3)4)26(24)28(36)20-12-14-21(15-13-20)31(32,33)34/h12-15,19,23,28,36H,1,16-17H2,2-11H3. The lowest BCUT2D eigenvalue weighted by atomic mass is 9.71. The van der Waals surface area contributed by atoms with E-state index in [9.17, 15) is 18.3 Å². The fourth-order valence-corrected chi connectivity index (χ4v) is 6.39. The third-order valence-electron chi connectivity index (χ3n) is 8.13. The zero-order chi connectivity index (χ0) is 29.0. The van der Waals surface area contributed by atoms with Crippen molar-refractivity contribution in [2.24, 2.45) is 5.41 Å². The first-order valence-corrected chi connectivity index (χ1v) is 16.3. The van der Waals surface area contributed by atoms with Crippen molar-refractivity contribution in [2.75, 3.05) is 0 Å². The van der Waals surface area contributed by atoms with Crippen molar-refractivity contribution in [1.82, 2.24) is 4.98 Å². The van der Waals surface area contributed by atoms with E-state index in [1.807, 2.05) is 20.8 Å². The molecule has 0 fully saturated rings. The average Bonchev–Trinajstić information content (AvgIpc) is 2.74. The van der Waals surface area contributed by atoms with Gasteiger partial charge in [-0.2, -0.15) is 13.2 Å². The molecule has 1 aromatic carbocycles. The van der Waals surface area contributed by atoms with Crippen LogP contribution in [0.3, 0.4) is 0 Å². The fraction of sp³-hybridized carbons (Fsp3) is 0.581. The van der Waals surface area contributed by atoms with Gasteiger partial charge in [-0.3, -0.25) is 4.98 Å². The van der Waals surface area contributed by atoms with Crippen LogP contribution in [0.4, 0.5) is 13.2 Å². The summed E-state index contributed by atoms with van der Waals surface area (Å²) in [5.41, 5.74) is 4.56. The lowest BCUT2D eigenvalue weighted by molar-refractivity contribution is -0.137. The Bertz CT molecular complexity index is 1190. The van der Waals surface area contributed by atoms with Crippen LogP contribution >= 0.6 is 0 Å². The van der Waals surface area contributed by atoms with Crippen LogP contribution in [0.25, 0.3) is 5.57 Å². The van der Waals surface area contributed by atoms with Crippen LogP contribution in [0.2, 0.25) is 18.1 Å². The maximum absolute atomic E-state index is 13.2. The summed E-state index contributed by atoms with van der Waals surface area (Å²) in [5.74, 6) is -0.0118. The van der Waals surface area contributed by atoms with E-state index in [1.54, 1.807) is 0 Å². The van der Waals surface area contributed by atoms with Crippen LogP contribution in [0.15, 0.2) is 30.8 Å².